The summed E-state index contributed by atoms with van der Waals surface area (Å²) in [6.45, 7) is 3.89. The Balaban J connectivity index is 2.97. The van der Waals surface area contributed by atoms with Crippen LogP contribution in [0.2, 0.25) is 0 Å². The number of hydrogen-bond donors (Lipinski definition) is 1. The molecule has 0 aliphatic carbocycles. The van der Waals surface area contributed by atoms with Gasteiger partial charge in [0.15, 0.2) is 11.9 Å². The molecule has 0 saturated heterocycles. The van der Waals surface area contributed by atoms with E-state index >= 15 is 0 Å². The smallest absolute Gasteiger partial charge is 0.338 e. The van der Waals surface area contributed by atoms with Gasteiger partial charge in [-0.05, 0) is 25.5 Å². The average molecular weight is 310 g/mol. The van der Waals surface area contributed by atoms with Crippen LogP contribution in [-0.2, 0) is 9.53 Å². The van der Waals surface area contributed by atoms with Crippen LogP contribution < -0.4 is 10.1 Å². The summed E-state index contributed by atoms with van der Waals surface area (Å²) in [5.41, 5.74) is -0.373. The summed E-state index contributed by atoms with van der Waals surface area (Å²) < 4.78 is 9.84. The Morgan fingerprint density at radius 2 is 2.09 bits per heavy atom. The molecule has 0 fully saturated rings. The summed E-state index contributed by atoms with van der Waals surface area (Å²) >= 11 is 0. The Labute approximate surface area is 127 Å². The Morgan fingerprint density at radius 1 is 1.41 bits per heavy atom. The van der Waals surface area contributed by atoms with Gasteiger partial charge in [0, 0.05) is 12.6 Å². The van der Waals surface area contributed by atoms with Crippen molar-refractivity contribution >= 4 is 17.6 Å². The topological polar surface area (TPSA) is 108 Å². The van der Waals surface area contributed by atoms with Crippen LogP contribution in [0.5, 0.6) is 5.75 Å². The van der Waals surface area contributed by atoms with Crippen molar-refractivity contribution in [2.75, 3.05) is 13.7 Å². The van der Waals surface area contributed by atoms with Crippen molar-refractivity contribution < 1.29 is 24.0 Å². The molecule has 120 valence electrons. The summed E-state index contributed by atoms with van der Waals surface area (Å²) in [5, 5.41) is 13.7. The summed E-state index contributed by atoms with van der Waals surface area (Å²) in [4.78, 5) is 33.5. The van der Waals surface area contributed by atoms with Crippen molar-refractivity contribution in [2.45, 2.75) is 26.4 Å². The lowest BCUT2D eigenvalue weighted by Crippen LogP contribution is -2.36. The van der Waals surface area contributed by atoms with Gasteiger partial charge in [-0.25, -0.2) is 4.79 Å². The van der Waals surface area contributed by atoms with Gasteiger partial charge < -0.3 is 14.8 Å². The highest BCUT2D eigenvalue weighted by atomic mass is 16.6. The third-order valence-corrected chi connectivity index (χ3v) is 2.80. The minimum Gasteiger partial charge on any atom is -0.474 e. The molecule has 0 aliphatic heterocycles. The van der Waals surface area contributed by atoms with Gasteiger partial charge in [-0.15, -0.1) is 0 Å². The first-order valence-electron chi connectivity index (χ1n) is 6.71. The van der Waals surface area contributed by atoms with Gasteiger partial charge in [0.1, 0.15) is 0 Å². The second-order valence-corrected chi connectivity index (χ2v) is 4.48. The van der Waals surface area contributed by atoms with Crippen molar-refractivity contribution in [1.29, 1.82) is 0 Å². The molecule has 8 nitrogen and oxygen atoms in total. The fourth-order valence-corrected chi connectivity index (χ4v) is 1.64. The fourth-order valence-electron chi connectivity index (χ4n) is 1.64. The maximum Gasteiger partial charge on any atom is 0.338 e. The predicted octanol–water partition coefficient (Wildman–Crippen LogP) is 1.67. The first kappa shape index (κ1) is 17.4. The van der Waals surface area contributed by atoms with Gasteiger partial charge in [0.05, 0.1) is 17.6 Å². The van der Waals surface area contributed by atoms with Crippen molar-refractivity contribution in [3.63, 3.8) is 0 Å². The fraction of sp³-hybridized carbons (Fsp3) is 0.429. The van der Waals surface area contributed by atoms with E-state index in [2.05, 4.69) is 10.1 Å². The zero-order valence-electron chi connectivity index (χ0n) is 12.6. The summed E-state index contributed by atoms with van der Waals surface area (Å²) in [5.74, 6) is -1.15. The molecule has 1 atom stereocenters. The molecule has 1 aromatic carbocycles. The van der Waals surface area contributed by atoms with E-state index in [4.69, 9.17) is 4.74 Å². The van der Waals surface area contributed by atoms with E-state index < -0.39 is 22.7 Å². The molecule has 0 aliphatic rings. The predicted molar refractivity (Wildman–Crippen MR) is 77.8 cm³/mol. The van der Waals surface area contributed by atoms with Crippen LogP contribution in [0.4, 0.5) is 5.69 Å². The maximum atomic E-state index is 11.7. The first-order chi connectivity index (χ1) is 10.4. The van der Waals surface area contributed by atoms with Crippen LogP contribution in [0.15, 0.2) is 18.2 Å². The SMILES string of the molecule is CCCNC(=O)[C@@H](C)Oc1ccc(C(=O)OC)cc1[N+](=O)[O-]. The number of carbonyl (C=O) groups excluding carboxylic acids is 2. The monoisotopic (exact) mass is 310 g/mol. The van der Waals surface area contributed by atoms with Crippen LogP contribution in [0.25, 0.3) is 0 Å². The number of benzene rings is 1. The number of nitrogens with zero attached hydrogens (tertiary/aromatic N) is 1. The number of nitro groups is 1. The van der Waals surface area contributed by atoms with E-state index in [1.54, 1.807) is 0 Å². The Bertz CT molecular complexity index is 572. The molecule has 0 spiro atoms. The normalized spacial score (nSPS) is 11.4. The number of nitro benzene ring substituents is 1. The molecule has 1 rings (SSSR count). The highest BCUT2D eigenvalue weighted by Crippen LogP contribution is 2.29. The van der Waals surface area contributed by atoms with Crippen LogP contribution in [-0.4, -0.2) is 36.6 Å². The standard InChI is InChI=1S/C14H18N2O6/c1-4-7-15-13(17)9(2)22-12-6-5-10(14(18)21-3)8-11(12)16(19)20/h5-6,8-9H,4,7H2,1-3H3,(H,15,17)/t9-/m1/s1. The number of methoxy groups -OCH3 is 1. The summed E-state index contributed by atoms with van der Waals surface area (Å²) in [6, 6.07) is 3.66. The minimum absolute atomic E-state index is 0.0321. The largest absolute Gasteiger partial charge is 0.474 e. The highest BCUT2D eigenvalue weighted by Gasteiger charge is 2.23. The van der Waals surface area contributed by atoms with E-state index in [-0.39, 0.29) is 17.2 Å². The van der Waals surface area contributed by atoms with Crippen LogP contribution in [0.3, 0.4) is 0 Å². The van der Waals surface area contributed by atoms with Gasteiger partial charge in [-0.1, -0.05) is 6.92 Å². The average Bonchev–Trinajstić information content (AvgIpc) is 2.51. The molecular weight excluding hydrogens is 292 g/mol. The van der Waals surface area contributed by atoms with E-state index in [9.17, 15) is 19.7 Å². The lowest BCUT2D eigenvalue weighted by Gasteiger charge is -2.14. The zero-order chi connectivity index (χ0) is 16.7. The Kier molecular flexibility index (Phi) is 6.30. The molecule has 0 aromatic heterocycles. The lowest BCUT2D eigenvalue weighted by molar-refractivity contribution is -0.386. The Morgan fingerprint density at radius 3 is 2.64 bits per heavy atom. The number of rotatable bonds is 7. The number of hydrogen-bond acceptors (Lipinski definition) is 6. The summed E-state index contributed by atoms with van der Waals surface area (Å²) in [6.07, 6.45) is -0.124. The highest BCUT2D eigenvalue weighted by molar-refractivity contribution is 5.90. The second kappa shape index (κ2) is 7.96. The summed E-state index contributed by atoms with van der Waals surface area (Å²) in [7, 11) is 1.18. The van der Waals surface area contributed by atoms with Crippen molar-refractivity contribution in [3.05, 3.63) is 33.9 Å². The maximum absolute atomic E-state index is 11.7. The molecule has 1 aromatic rings. The van der Waals surface area contributed by atoms with Crippen LogP contribution in [0, 0.1) is 10.1 Å². The van der Waals surface area contributed by atoms with Crippen LogP contribution >= 0.6 is 0 Å². The number of ether oxygens (including phenoxy) is 2. The van der Waals surface area contributed by atoms with E-state index in [0.29, 0.717) is 6.54 Å². The van der Waals surface area contributed by atoms with Crippen molar-refractivity contribution in [3.8, 4) is 5.75 Å². The van der Waals surface area contributed by atoms with Gasteiger partial charge >= 0.3 is 11.7 Å². The molecule has 0 radical (unpaired) electrons. The number of esters is 1. The van der Waals surface area contributed by atoms with E-state index in [0.717, 1.165) is 12.5 Å². The van der Waals surface area contributed by atoms with E-state index in [1.165, 1.54) is 26.2 Å². The molecule has 1 amide bonds. The second-order valence-electron chi connectivity index (χ2n) is 4.48. The van der Waals surface area contributed by atoms with Crippen molar-refractivity contribution in [1.82, 2.24) is 5.32 Å². The van der Waals surface area contributed by atoms with Gasteiger partial charge in [0.25, 0.3) is 5.91 Å². The molecule has 0 bridgehead atoms. The quantitative estimate of drug-likeness (QED) is 0.466. The van der Waals surface area contributed by atoms with Gasteiger partial charge in [0.2, 0.25) is 0 Å². The Hall–Kier alpha value is -2.64. The lowest BCUT2D eigenvalue weighted by atomic mass is 10.2. The first-order valence-corrected chi connectivity index (χ1v) is 6.71. The third-order valence-electron chi connectivity index (χ3n) is 2.80. The third kappa shape index (κ3) is 4.44. The molecule has 0 heterocycles. The van der Waals surface area contributed by atoms with Crippen LogP contribution in [0.1, 0.15) is 30.6 Å². The number of nitrogens with one attached hydrogen (secondary N) is 1. The zero-order valence-corrected chi connectivity index (χ0v) is 12.6. The molecule has 0 saturated carbocycles. The number of amides is 1. The molecular formula is C14H18N2O6. The molecule has 22 heavy (non-hydrogen) atoms. The minimum atomic E-state index is -0.894. The molecule has 8 heteroatoms. The molecule has 0 unspecified atom stereocenters. The van der Waals surface area contributed by atoms with Gasteiger partial charge in [-0.3, -0.25) is 14.9 Å². The molecule has 1 N–H and O–H groups in total. The number of carbonyl (C=O) groups is 2. The van der Waals surface area contributed by atoms with E-state index in [1.807, 2.05) is 6.92 Å². The van der Waals surface area contributed by atoms with Crippen molar-refractivity contribution in [2.24, 2.45) is 0 Å². The van der Waals surface area contributed by atoms with Gasteiger partial charge in [-0.2, -0.15) is 0 Å².